The molecule has 3 rings (SSSR count). The van der Waals surface area contributed by atoms with E-state index in [1.165, 1.54) is 12.1 Å². The van der Waals surface area contributed by atoms with Crippen LogP contribution in [-0.4, -0.2) is 37.0 Å². The molecule has 20 heavy (non-hydrogen) atoms. The van der Waals surface area contributed by atoms with Crippen molar-refractivity contribution in [3.8, 4) is 0 Å². The third kappa shape index (κ3) is 2.03. The van der Waals surface area contributed by atoms with Gasteiger partial charge in [0.05, 0.1) is 5.56 Å². The highest BCUT2D eigenvalue weighted by Gasteiger charge is 2.39. The molecule has 6 heteroatoms. The summed E-state index contributed by atoms with van der Waals surface area (Å²) in [5.74, 6) is -0.00717. The number of carbonyl (C=O) groups excluding carboxylic acids is 1. The van der Waals surface area contributed by atoms with Crippen molar-refractivity contribution in [1.29, 1.82) is 0 Å². The zero-order valence-corrected chi connectivity index (χ0v) is 11.1. The summed E-state index contributed by atoms with van der Waals surface area (Å²) in [6, 6.07) is 3.43. The van der Waals surface area contributed by atoms with E-state index < -0.39 is 11.7 Å². The molecule has 2 heterocycles. The van der Waals surface area contributed by atoms with Crippen LogP contribution in [0, 0.1) is 0 Å². The summed E-state index contributed by atoms with van der Waals surface area (Å²) in [6.45, 7) is 1.40. The van der Waals surface area contributed by atoms with Crippen LogP contribution in [-0.2, 0) is 17.4 Å². The van der Waals surface area contributed by atoms with E-state index in [-0.39, 0.29) is 11.9 Å². The van der Waals surface area contributed by atoms with Gasteiger partial charge in [0, 0.05) is 32.2 Å². The van der Waals surface area contributed by atoms with Crippen molar-refractivity contribution in [2.45, 2.75) is 25.1 Å². The fourth-order valence-corrected chi connectivity index (χ4v) is 3.03. The Kier molecular flexibility index (Phi) is 2.92. The van der Waals surface area contributed by atoms with E-state index in [1.54, 1.807) is 11.9 Å². The number of carbonyl (C=O) groups is 1. The number of hydrogen-bond donors (Lipinski definition) is 0. The molecule has 0 saturated carbocycles. The van der Waals surface area contributed by atoms with Crippen LogP contribution in [0.15, 0.2) is 18.2 Å². The Hall–Kier alpha value is -1.72. The van der Waals surface area contributed by atoms with Gasteiger partial charge in [-0.2, -0.15) is 13.2 Å². The second-order valence-electron chi connectivity index (χ2n) is 5.37. The monoisotopic (exact) mass is 284 g/mol. The number of halogens is 3. The number of amides is 1. The first-order valence-electron chi connectivity index (χ1n) is 6.59. The van der Waals surface area contributed by atoms with E-state index in [2.05, 4.69) is 0 Å². The van der Waals surface area contributed by atoms with E-state index in [4.69, 9.17) is 0 Å². The Morgan fingerprint density at radius 3 is 2.70 bits per heavy atom. The first-order valence-corrected chi connectivity index (χ1v) is 6.59. The normalized spacial score (nSPS) is 22.6. The zero-order chi connectivity index (χ0) is 14.5. The number of hydrogen-bond acceptors (Lipinski definition) is 2. The molecule has 0 aliphatic carbocycles. The van der Waals surface area contributed by atoms with Crippen LogP contribution in [0.2, 0.25) is 0 Å². The number of fused-ring (bicyclic) bond motifs is 3. The molecule has 1 aromatic carbocycles. The third-order valence-electron chi connectivity index (χ3n) is 4.06. The molecular weight excluding hydrogens is 269 g/mol. The average molecular weight is 284 g/mol. The van der Waals surface area contributed by atoms with E-state index in [9.17, 15) is 18.0 Å². The second kappa shape index (κ2) is 4.40. The maximum atomic E-state index is 12.7. The summed E-state index contributed by atoms with van der Waals surface area (Å²) in [5, 5.41) is 0. The van der Waals surface area contributed by atoms with E-state index in [0.29, 0.717) is 25.1 Å². The molecule has 2 aliphatic rings. The number of rotatable bonds is 0. The standard InChI is InChI=1S/C14H15F3N2O/c1-18-5-2-6-19-11-4-3-10(14(15,16)17)7-9(11)8-12(19)13(18)20/h3-4,7,12H,2,5-6,8H2,1H3. The molecule has 1 saturated heterocycles. The van der Waals surface area contributed by atoms with Gasteiger partial charge in [0.15, 0.2) is 0 Å². The molecule has 0 aromatic heterocycles. The van der Waals surface area contributed by atoms with Gasteiger partial charge in [-0.25, -0.2) is 0 Å². The van der Waals surface area contributed by atoms with Crippen LogP contribution >= 0.6 is 0 Å². The predicted molar refractivity (Wildman–Crippen MR) is 68.5 cm³/mol. The summed E-state index contributed by atoms with van der Waals surface area (Å²) in [6.07, 6.45) is -3.14. The smallest absolute Gasteiger partial charge is 0.359 e. The maximum absolute atomic E-state index is 12.7. The minimum absolute atomic E-state index is 0.00717. The van der Waals surface area contributed by atoms with Gasteiger partial charge in [0.25, 0.3) is 0 Å². The Labute approximate surface area is 115 Å². The Morgan fingerprint density at radius 2 is 2.00 bits per heavy atom. The molecule has 0 N–H and O–H groups in total. The van der Waals surface area contributed by atoms with Crippen molar-refractivity contribution < 1.29 is 18.0 Å². The molecule has 1 unspecified atom stereocenters. The highest BCUT2D eigenvalue weighted by atomic mass is 19.4. The van der Waals surface area contributed by atoms with E-state index in [1.807, 2.05) is 4.90 Å². The minimum atomic E-state index is -4.34. The van der Waals surface area contributed by atoms with Crippen molar-refractivity contribution in [3.05, 3.63) is 29.3 Å². The first kappa shape index (κ1) is 13.3. The van der Waals surface area contributed by atoms with Crippen molar-refractivity contribution in [3.63, 3.8) is 0 Å². The molecular formula is C14H15F3N2O. The average Bonchev–Trinajstić information content (AvgIpc) is 2.68. The number of nitrogens with zero attached hydrogens (tertiary/aromatic N) is 2. The van der Waals surface area contributed by atoms with Gasteiger partial charge in [-0.1, -0.05) is 0 Å². The van der Waals surface area contributed by atoms with Crippen molar-refractivity contribution in [2.24, 2.45) is 0 Å². The molecule has 108 valence electrons. The van der Waals surface area contributed by atoms with Crippen LogP contribution in [0.1, 0.15) is 17.5 Å². The van der Waals surface area contributed by atoms with Crippen molar-refractivity contribution >= 4 is 11.6 Å². The van der Waals surface area contributed by atoms with E-state index >= 15 is 0 Å². The number of alkyl halides is 3. The molecule has 0 radical (unpaired) electrons. The largest absolute Gasteiger partial charge is 0.416 e. The summed E-state index contributed by atoms with van der Waals surface area (Å²) in [5.41, 5.74) is 0.745. The number of anilines is 1. The van der Waals surface area contributed by atoms with Crippen molar-refractivity contribution in [1.82, 2.24) is 4.90 Å². The molecule has 0 spiro atoms. The highest BCUT2D eigenvalue weighted by Crippen LogP contribution is 2.38. The fourth-order valence-electron chi connectivity index (χ4n) is 3.03. The van der Waals surface area contributed by atoms with Crippen LogP contribution in [0.4, 0.5) is 18.9 Å². The van der Waals surface area contributed by atoms with Crippen LogP contribution in [0.5, 0.6) is 0 Å². The lowest BCUT2D eigenvalue weighted by molar-refractivity contribution is -0.137. The molecule has 1 amide bonds. The Balaban J connectivity index is 1.98. The Morgan fingerprint density at radius 1 is 1.25 bits per heavy atom. The molecule has 0 bridgehead atoms. The summed E-state index contributed by atoms with van der Waals surface area (Å²) in [7, 11) is 1.75. The molecule has 1 fully saturated rings. The van der Waals surface area contributed by atoms with Crippen LogP contribution in [0.3, 0.4) is 0 Å². The molecule has 1 atom stereocenters. The number of likely N-dealkylation sites (N-methyl/N-ethyl adjacent to an activating group) is 1. The summed E-state index contributed by atoms with van der Waals surface area (Å²) >= 11 is 0. The van der Waals surface area contributed by atoms with Crippen LogP contribution < -0.4 is 4.90 Å². The fraction of sp³-hybridized carbons (Fsp3) is 0.500. The minimum Gasteiger partial charge on any atom is -0.359 e. The molecule has 2 aliphatic heterocycles. The van der Waals surface area contributed by atoms with Crippen LogP contribution in [0.25, 0.3) is 0 Å². The van der Waals surface area contributed by atoms with Gasteiger partial charge < -0.3 is 9.80 Å². The Bertz CT molecular complexity index is 556. The molecule has 1 aromatic rings. The number of benzene rings is 1. The lowest BCUT2D eigenvalue weighted by Gasteiger charge is -2.24. The lowest BCUT2D eigenvalue weighted by atomic mass is 10.1. The topological polar surface area (TPSA) is 23.6 Å². The van der Waals surface area contributed by atoms with E-state index in [0.717, 1.165) is 18.2 Å². The van der Waals surface area contributed by atoms with Crippen molar-refractivity contribution in [2.75, 3.05) is 25.0 Å². The SMILES string of the molecule is CN1CCCN2c3ccc(C(F)(F)F)cc3CC2C1=O. The summed E-state index contributed by atoms with van der Waals surface area (Å²) in [4.78, 5) is 15.9. The zero-order valence-electron chi connectivity index (χ0n) is 11.1. The predicted octanol–water partition coefficient (Wildman–Crippen LogP) is 2.30. The van der Waals surface area contributed by atoms with Gasteiger partial charge >= 0.3 is 6.18 Å². The first-order chi connectivity index (χ1) is 9.38. The molecule has 3 nitrogen and oxygen atoms in total. The third-order valence-corrected chi connectivity index (χ3v) is 4.06. The lowest BCUT2D eigenvalue weighted by Crippen LogP contribution is -2.42. The highest BCUT2D eigenvalue weighted by molar-refractivity contribution is 5.88. The quantitative estimate of drug-likeness (QED) is 0.730. The van der Waals surface area contributed by atoms with Gasteiger partial charge in [-0.3, -0.25) is 4.79 Å². The second-order valence-corrected chi connectivity index (χ2v) is 5.37. The van der Waals surface area contributed by atoms with Gasteiger partial charge in [0.1, 0.15) is 6.04 Å². The van der Waals surface area contributed by atoms with Gasteiger partial charge in [0.2, 0.25) is 5.91 Å². The maximum Gasteiger partial charge on any atom is 0.416 e. The van der Waals surface area contributed by atoms with Gasteiger partial charge in [-0.15, -0.1) is 0 Å². The summed E-state index contributed by atoms with van der Waals surface area (Å²) < 4.78 is 38.2. The van der Waals surface area contributed by atoms with Gasteiger partial charge in [-0.05, 0) is 30.2 Å².